The maximum atomic E-state index is 13.2. The summed E-state index contributed by atoms with van der Waals surface area (Å²) in [7, 11) is 3.05. The molecule has 1 aliphatic rings. The second-order valence-electron chi connectivity index (χ2n) is 7.48. The largest absolute Gasteiger partial charge is 0.507 e. The van der Waals surface area contributed by atoms with Gasteiger partial charge in [0.15, 0.2) is 0 Å². The molecule has 162 valence electrons. The molecule has 0 radical (unpaired) electrons. The normalized spacial score (nSPS) is 17.5. The molecular formula is C26H23NO5. The number of benzene rings is 3. The molecule has 6 nitrogen and oxygen atoms in total. The molecule has 0 saturated carbocycles. The highest BCUT2D eigenvalue weighted by atomic mass is 16.5. The number of ketones is 1. The van der Waals surface area contributed by atoms with E-state index in [1.807, 2.05) is 25.1 Å². The van der Waals surface area contributed by atoms with Gasteiger partial charge in [-0.15, -0.1) is 0 Å². The van der Waals surface area contributed by atoms with Crippen molar-refractivity contribution < 1.29 is 24.2 Å². The third kappa shape index (κ3) is 3.60. The highest BCUT2D eigenvalue weighted by Crippen LogP contribution is 2.45. The highest BCUT2D eigenvalue weighted by molar-refractivity contribution is 6.51. The van der Waals surface area contributed by atoms with E-state index in [0.29, 0.717) is 28.3 Å². The molecule has 1 N–H and O–H groups in total. The first kappa shape index (κ1) is 21.2. The van der Waals surface area contributed by atoms with Crippen LogP contribution in [0.15, 0.2) is 78.4 Å². The van der Waals surface area contributed by atoms with Crippen LogP contribution in [0.4, 0.5) is 5.69 Å². The Morgan fingerprint density at radius 3 is 2.22 bits per heavy atom. The summed E-state index contributed by atoms with van der Waals surface area (Å²) in [5, 5.41) is 11.1. The van der Waals surface area contributed by atoms with Crippen LogP contribution in [0.3, 0.4) is 0 Å². The molecule has 1 saturated heterocycles. The number of aliphatic hydroxyl groups is 1. The van der Waals surface area contributed by atoms with Crippen molar-refractivity contribution in [1.29, 1.82) is 0 Å². The molecule has 32 heavy (non-hydrogen) atoms. The van der Waals surface area contributed by atoms with Crippen molar-refractivity contribution >= 4 is 23.1 Å². The van der Waals surface area contributed by atoms with Gasteiger partial charge in [0, 0.05) is 22.9 Å². The Hall–Kier alpha value is -4.06. The number of Topliss-reactive ketones (excluding diaryl/α,β-unsaturated/α-hetero) is 1. The zero-order chi connectivity index (χ0) is 22.8. The Bertz CT molecular complexity index is 1200. The summed E-state index contributed by atoms with van der Waals surface area (Å²) >= 11 is 0. The number of rotatable bonds is 5. The summed E-state index contributed by atoms with van der Waals surface area (Å²) in [6, 6.07) is 20.3. The number of nitrogens with zero attached hydrogens (tertiary/aromatic N) is 1. The van der Waals surface area contributed by atoms with Gasteiger partial charge in [0.05, 0.1) is 25.8 Å². The van der Waals surface area contributed by atoms with Crippen molar-refractivity contribution in [1.82, 2.24) is 0 Å². The van der Waals surface area contributed by atoms with E-state index in [1.54, 1.807) is 61.7 Å². The number of methoxy groups -OCH3 is 2. The third-order valence-corrected chi connectivity index (χ3v) is 5.54. The number of anilines is 1. The van der Waals surface area contributed by atoms with E-state index in [0.717, 1.165) is 5.56 Å². The van der Waals surface area contributed by atoms with Crippen LogP contribution in [0.5, 0.6) is 11.5 Å². The summed E-state index contributed by atoms with van der Waals surface area (Å²) in [6.45, 7) is 1.94. The first-order chi connectivity index (χ1) is 15.5. The SMILES string of the molecule is COc1ccc([C@@H]2C(=C(O)c3ccccc3)C(=O)C(=O)N2c2ccc(C)cc2)c(OC)c1. The van der Waals surface area contributed by atoms with Crippen molar-refractivity contribution in [3.05, 3.63) is 95.1 Å². The van der Waals surface area contributed by atoms with Gasteiger partial charge in [-0.2, -0.15) is 0 Å². The lowest BCUT2D eigenvalue weighted by molar-refractivity contribution is -0.132. The minimum absolute atomic E-state index is 0.00485. The average Bonchev–Trinajstić information content (AvgIpc) is 3.09. The van der Waals surface area contributed by atoms with E-state index in [9.17, 15) is 14.7 Å². The molecule has 3 aromatic rings. The lowest BCUT2D eigenvalue weighted by Gasteiger charge is -2.27. The molecule has 0 bridgehead atoms. The van der Waals surface area contributed by atoms with Crippen LogP contribution in [0, 0.1) is 6.92 Å². The Morgan fingerprint density at radius 2 is 1.59 bits per heavy atom. The van der Waals surface area contributed by atoms with Gasteiger partial charge in [-0.25, -0.2) is 0 Å². The Labute approximate surface area is 186 Å². The summed E-state index contributed by atoms with van der Waals surface area (Å²) < 4.78 is 10.9. The molecule has 0 unspecified atom stereocenters. The van der Waals surface area contributed by atoms with Gasteiger partial charge >= 0.3 is 0 Å². The standard InChI is InChI=1S/C26H23NO5/c1-16-9-11-18(12-10-16)27-23(20-14-13-19(31-2)15-21(20)32-3)22(25(29)26(27)30)24(28)17-7-5-4-6-8-17/h4-15,23,28H,1-3H3/t23-/m1/s1. The number of amides is 1. The van der Waals surface area contributed by atoms with Crippen LogP contribution in [0.2, 0.25) is 0 Å². The second kappa shape index (κ2) is 8.59. The average molecular weight is 429 g/mol. The Kier molecular flexibility index (Phi) is 5.69. The van der Waals surface area contributed by atoms with Crippen LogP contribution in [-0.2, 0) is 9.59 Å². The van der Waals surface area contributed by atoms with Crippen molar-refractivity contribution in [3.63, 3.8) is 0 Å². The number of hydrogen-bond acceptors (Lipinski definition) is 5. The number of carbonyl (C=O) groups is 2. The maximum Gasteiger partial charge on any atom is 0.300 e. The predicted octanol–water partition coefficient (Wildman–Crippen LogP) is 4.64. The minimum Gasteiger partial charge on any atom is -0.507 e. The van der Waals surface area contributed by atoms with E-state index < -0.39 is 17.7 Å². The Balaban J connectivity index is 1.99. The number of aliphatic hydroxyl groups excluding tert-OH is 1. The number of ether oxygens (including phenoxy) is 2. The molecule has 0 aromatic heterocycles. The first-order valence-electron chi connectivity index (χ1n) is 10.1. The summed E-state index contributed by atoms with van der Waals surface area (Å²) in [5.41, 5.74) is 2.59. The quantitative estimate of drug-likeness (QED) is 0.363. The molecular weight excluding hydrogens is 406 g/mol. The number of aryl methyl sites for hydroxylation is 1. The van der Waals surface area contributed by atoms with Crippen LogP contribution in [-0.4, -0.2) is 31.0 Å². The molecule has 6 heteroatoms. The minimum atomic E-state index is -0.876. The summed E-state index contributed by atoms with van der Waals surface area (Å²) in [6.07, 6.45) is 0. The predicted molar refractivity (Wildman–Crippen MR) is 122 cm³/mol. The maximum absolute atomic E-state index is 13.2. The van der Waals surface area contributed by atoms with E-state index in [4.69, 9.17) is 9.47 Å². The van der Waals surface area contributed by atoms with Gasteiger partial charge in [-0.3, -0.25) is 14.5 Å². The monoisotopic (exact) mass is 429 g/mol. The van der Waals surface area contributed by atoms with Gasteiger partial charge in [-0.05, 0) is 31.2 Å². The van der Waals surface area contributed by atoms with E-state index in [2.05, 4.69) is 0 Å². The lowest BCUT2D eigenvalue weighted by Crippen LogP contribution is -2.29. The van der Waals surface area contributed by atoms with E-state index in [-0.39, 0.29) is 11.3 Å². The zero-order valence-corrected chi connectivity index (χ0v) is 18.0. The van der Waals surface area contributed by atoms with Gasteiger partial charge in [0.25, 0.3) is 11.7 Å². The topological polar surface area (TPSA) is 76.1 Å². The van der Waals surface area contributed by atoms with Crippen molar-refractivity contribution in [3.8, 4) is 11.5 Å². The lowest BCUT2D eigenvalue weighted by atomic mass is 9.94. The molecule has 1 heterocycles. The van der Waals surface area contributed by atoms with Crippen LogP contribution in [0.25, 0.3) is 5.76 Å². The fourth-order valence-electron chi connectivity index (χ4n) is 3.89. The molecule has 1 atom stereocenters. The molecule has 1 amide bonds. The second-order valence-corrected chi connectivity index (χ2v) is 7.48. The first-order valence-corrected chi connectivity index (χ1v) is 10.1. The number of carbonyl (C=O) groups excluding carboxylic acids is 2. The van der Waals surface area contributed by atoms with Gasteiger partial charge in [-0.1, -0.05) is 48.0 Å². The molecule has 3 aromatic carbocycles. The molecule has 4 rings (SSSR count). The molecule has 0 aliphatic carbocycles. The van der Waals surface area contributed by atoms with E-state index in [1.165, 1.54) is 12.0 Å². The van der Waals surface area contributed by atoms with Crippen LogP contribution < -0.4 is 14.4 Å². The van der Waals surface area contributed by atoms with Gasteiger partial charge < -0.3 is 14.6 Å². The van der Waals surface area contributed by atoms with Crippen LogP contribution in [0.1, 0.15) is 22.7 Å². The molecule has 0 spiro atoms. The van der Waals surface area contributed by atoms with Crippen molar-refractivity contribution in [2.24, 2.45) is 0 Å². The smallest absolute Gasteiger partial charge is 0.300 e. The zero-order valence-electron chi connectivity index (χ0n) is 18.0. The van der Waals surface area contributed by atoms with Crippen molar-refractivity contribution in [2.45, 2.75) is 13.0 Å². The van der Waals surface area contributed by atoms with Gasteiger partial charge in [0.2, 0.25) is 0 Å². The van der Waals surface area contributed by atoms with Gasteiger partial charge in [0.1, 0.15) is 17.3 Å². The Morgan fingerprint density at radius 1 is 0.906 bits per heavy atom. The highest BCUT2D eigenvalue weighted by Gasteiger charge is 2.48. The molecule has 1 aliphatic heterocycles. The van der Waals surface area contributed by atoms with Crippen LogP contribution >= 0.6 is 0 Å². The van der Waals surface area contributed by atoms with Crippen molar-refractivity contribution in [2.75, 3.05) is 19.1 Å². The summed E-state index contributed by atoms with van der Waals surface area (Å²) in [4.78, 5) is 27.8. The third-order valence-electron chi connectivity index (χ3n) is 5.54. The fraction of sp³-hybridized carbons (Fsp3) is 0.154. The molecule has 1 fully saturated rings. The van der Waals surface area contributed by atoms with E-state index >= 15 is 0 Å². The summed E-state index contributed by atoms with van der Waals surface area (Å²) in [5.74, 6) is -0.696. The fourth-order valence-corrected chi connectivity index (χ4v) is 3.89. The number of hydrogen-bond donors (Lipinski definition) is 1.